The van der Waals surface area contributed by atoms with E-state index in [1.54, 1.807) is 0 Å². The van der Waals surface area contributed by atoms with Crippen molar-refractivity contribution in [1.82, 2.24) is 0 Å². The van der Waals surface area contributed by atoms with Crippen LogP contribution in [0.2, 0.25) is 0 Å². The predicted octanol–water partition coefficient (Wildman–Crippen LogP) is 25.5. The highest BCUT2D eigenvalue weighted by molar-refractivity contribution is 5.94. The third kappa shape index (κ3) is 13.3. The summed E-state index contributed by atoms with van der Waals surface area (Å²) in [5.41, 5.74) is 53.0. The first-order valence-electron chi connectivity index (χ1n) is 43.7. The van der Waals surface area contributed by atoms with Crippen molar-refractivity contribution in [2.45, 2.75) is 165 Å². The molecule has 5 nitrogen and oxygen atoms in total. The van der Waals surface area contributed by atoms with Gasteiger partial charge in [0.05, 0.1) is 29.2 Å². The fraction of sp³-hybridized carbons (Fsp3) is 0.261. The molecule has 10 aromatic carbocycles. The van der Waals surface area contributed by atoms with Crippen molar-refractivity contribution in [2.24, 2.45) is 35.2 Å². The number of hydrogen-bond acceptors (Lipinski definition) is 0. The summed E-state index contributed by atoms with van der Waals surface area (Å²) in [6.07, 6.45) is 11.8. The lowest BCUT2D eigenvalue weighted by Gasteiger charge is -2.25. The monoisotopic (exact) mass is 1570 g/mol. The molecule has 5 heteroatoms. The molecule has 0 radical (unpaired) electrons. The first-order valence-corrected chi connectivity index (χ1v) is 43.2. The van der Waals surface area contributed by atoms with Crippen molar-refractivity contribution in [3.05, 3.63) is 385 Å². The Kier molecular flexibility index (Phi) is 20.7. The van der Waals surface area contributed by atoms with Gasteiger partial charge in [-0.25, -0.2) is 22.8 Å². The topological polar surface area (TPSA) is 19.4 Å². The average Bonchev–Trinajstić information content (AvgIpc) is 1.48. The van der Waals surface area contributed by atoms with E-state index in [4.69, 9.17) is 1.37 Å². The fourth-order valence-electron chi connectivity index (χ4n) is 21.4. The van der Waals surface area contributed by atoms with Gasteiger partial charge in [-0.2, -0.15) is 0 Å². The number of aromatic nitrogens is 5. The molecule has 15 aromatic rings. The van der Waals surface area contributed by atoms with Crippen LogP contribution in [-0.2, 0) is 68.7 Å². The maximum Gasteiger partial charge on any atom is 0.213 e. The number of rotatable bonds is 6. The first-order chi connectivity index (χ1) is 57.6. The van der Waals surface area contributed by atoms with E-state index in [9.17, 15) is 0 Å². The minimum atomic E-state index is -0.105. The minimum Gasteiger partial charge on any atom is -0.201 e. The van der Waals surface area contributed by atoms with Gasteiger partial charge < -0.3 is 0 Å². The van der Waals surface area contributed by atoms with Crippen LogP contribution in [0.5, 0.6) is 0 Å². The average molecular weight is 1570 g/mol. The highest BCUT2D eigenvalue weighted by Crippen LogP contribution is 2.59. The van der Waals surface area contributed by atoms with Crippen LogP contribution in [0.15, 0.2) is 280 Å². The number of hydrogen-bond donors (Lipinski definition) is 0. The number of nitrogens with zero attached hydrogens (tertiary/aromatic N) is 5. The Balaban J connectivity index is 0.000000112. The summed E-state index contributed by atoms with van der Waals surface area (Å²) < 4.78 is 19.8. The number of benzene rings is 10. The van der Waals surface area contributed by atoms with Gasteiger partial charge in [0.15, 0.2) is 31.0 Å². The summed E-state index contributed by atoms with van der Waals surface area (Å²) in [6.45, 7) is 43.5. The number of fused-ring (bicyclic) bond motifs is 15. The molecule has 5 aliphatic rings. The standard InChI is InChI=1S/C24H26N.3C23H24N.C22H22N/c1-6-17-13-14-25(5)21(15-17)22-16(2)11-12-19-18-9-7-8-10-20(18)24(3,4)23(19)22;2*1-15-14-18-17-10-6-7-11-19(17)23(3,4)22(18)21(16(15)2)20-12-8-9-13-24(20)5;1-15-14-16(2)21(19-12-8-9-13-24(19)5)22-20(15)17-10-6-7-11-18(17)23(22,3)4;1-15-12-13-17-16-9-5-6-10-18(16)22(2,3)21(17)20(15)19-11-7-8-14-23(19)4/h7-15H,6H2,1-5H3;3*6-14H,1-5H3;5-14H,1-4H3/q5*+1/i;;;;13D. The van der Waals surface area contributed by atoms with Crippen LogP contribution in [-0.4, -0.2) is 0 Å². The van der Waals surface area contributed by atoms with Gasteiger partial charge in [-0.3, -0.25) is 0 Å². The van der Waals surface area contributed by atoms with Crippen molar-refractivity contribution in [3.8, 4) is 112 Å². The summed E-state index contributed by atoms with van der Waals surface area (Å²) in [5, 5.41) is 0. The molecule has 5 aliphatic carbocycles. The Hall–Kier alpha value is -12.1. The van der Waals surface area contributed by atoms with Gasteiger partial charge >= 0.3 is 0 Å². The summed E-state index contributed by atoms with van der Waals surface area (Å²) in [6, 6.07) is 88.7. The van der Waals surface area contributed by atoms with Crippen molar-refractivity contribution in [2.75, 3.05) is 0 Å². The smallest absolute Gasteiger partial charge is 0.201 e. The summed E-state index contributed by atoms with van der Waals surface area (Å²) in [5.74, 6) is 0. The maximum absolute atomic E-state index is 8.61. The second-order valence-electron chi connectivity index (χ2n) is 37.2. The number of pyridine rings is 5. The molecule has 0 saturated carbocycles. The Bertz CT molecular complexity index is 6390. The van der Waals surface area contributed by atoms with Crippen LogP contribution in [0.4, 0.5) is 0 Å². The molecule has 5 heterocycles. The minimum absolute atomic E-state index is 0.0148. The predicted molar refractivity (Wildman–Crippen MR) is 500 cm³/mol. The van der Waals surface area contributed by atoms with Gasteiger partial charge in [-0.05, 0) is 247 Å². The largest absolute Gasteiger partial charge is 0.213 e. The molecule has 0 N–H and O–H groups in total. The van der Waals surface area contributed by atoms with Gasteiger partial charge in [-0.1, -0.05) is 240 Å². The molecule has 0 amide bonds. The molecular formula is C115H120N5+5. The third-order valence-corrected chi connectivity index (χ3v) is 27.8. The zero-order valence-corrected chi connectivity index (χ0v) is 75.4. The Morgan fingerprint density at radius 1 is 0.233 bits per heavy atom. The number of aryl methyl sites for hydroxylation is 12. The summed E-state index contributed by atoms with van der Waals surface area (Å²) >= 11 is 0. The van der Waals surface area contributed by atoms with Gasteiger partial charge in [0.25, 0.3) is 0 Å². The Labute approximate surface area is 717 Å². The molecule has 0 atom stereocenters. The molecule has 20 rings (SSSR count). The Morgan fingerprint density at radius 2 is 0.533 bits per heavy atom. The van der Waals surface area contributed by atoms with Crippen LogP contribution in [0.1, 0.15) is 183 Å². The zero-order chi connectivity index (χ0) is 86.0. The summed E-state index contributed by atoms with van der Waals surface area (Å²) in [7, 11) is 10.7. The second-order valence-corrected chi connectivity index (χ2v) is 37.2. The van der Waals surface area contributed by atoms with Gasteiger partial charge in [0.1, 0.15) is 35.2 Å². The van der Waals surface area contributed by atoms with E-state index in [2.05, 4.69) is 457 Å². The first kappa shape index (κ1) is 80.4. The van der Waals surface area contributed by atoms with Crippen LogP contribution >= 0.6 is 0 Å². The van der Waals surface area contributed by atoms with E-state index in [0.717, 1.165) is 12.0 Å². The van der Waals surface area contributed by atoms with E-state index >= 15 is 0 Å². The van der Waals surface area contributed by atoms with E-state index < -0.39 is 0 Å². The Morgan fingerprint density at radius 3 is 0.942 bits per heavy atom. The molecule has 0 spiro atoms. The molecule has 120 heavy (non-hydrogen) atoms. The van der Waals surface area contributed by atoms with Crippen LogP contribution in [0.3, 0.4) is 0 Å². The van der Waals surface area contributed by atoms with E-state index in [1.165, 1.54) is 212 Å². The lowest BCUT2D eigenvalue weighted by atomic mass is 9.77. The zero-order valence-electron chi connectivity index (χ0n) is 76.4. The van der Waals surface area contributed by atoms with Crippen molar-refractivity contribution in [1.29, 1.82) is 0 Å². The fourth-order valence-corrected chi connectivity index (χ4v) is 21.4. The molecular weight excluding hydrogens is 1450 g/mol. The normalized spacial score (nSPS) is 14.5. The third-order valence-electron chi connectivity index (χ3n) is 27.8. The maximum atomic E-state index is 8.61. The molecule has 0 bridgehead atoms. The van der Waals surface area contributed by atoms with Crippen LogP contribution in [0.25, 0.3) is 112 Å². The van der Waals surface area contributed by atoms with Crippen molar-refractivity contribution >= 4 is 0 Å². The highest BCUT2D eigenvalue weighted by Gasteiger charge is 2.46. The molecule has 600 valence electrons. The molecule has 0 aliphatic heterocycles. The van der Waals surface area contributed by atoms with Crippen molar-refractivity contribution < 1.29 is 24.2 Å². The van der Waals surface area contributed by atoms with E-state index in [1.807, 2.05) is 6.07 Å². The van der Waals surface area contributed by atoms with Gasteiger partial charge in [-0.15, -0.1) is 0 Å². The lowest BCUT2D eigenvalue weighted by Crippen LogP contribution is -2.32. The van der Waals surface area contributed by atoms with Crippen LogP contribution < -0.4 is 22.8 Å². The second kappa shape index (κ2) is 31.0. The molecule has 0 saturated heterocycles. The highest BCUT2D eigenvalue weighted by atomic mass is 14.9. The molecule has 0 unspecified atom stereocenters. The van der Waals surface area contributed by atoms with E-state index in [0.29, 0.717) is 6.04 Å². The van der Waals surface area contributed by atoms with E-state index in [-0.39, 0.29) is 27.1 Å². The lowest BCUT2D eigenvalue weighted by molar-refractivity contribution is -0.660. The van der Waals surface area contributed by atoms with Gasteiger partial charge in [0, 0.05) is 87.7 Å². The summed E-state index contributed by atoms with van der Waals surface area (Å²) in [4.78, 5) is 0. The quantitative estimate of drug-likeness (QED) is 0.148. The molecule has 0 fully saturated rings. The van der Waals surface area contributed by atoms with Gasteiger partial charge in [0.2, 0.25) is 28.5 Å². The van der Waals surface area contributed by atoms with Crippen molar-refractivity contribution in [3.63, 3.8) is 0 Å². The van der Waals surface area contributed by atoms with Crippen LogP contribution in [0, 0.1) is 55.4 Å². The SMILES string of the molecule is CCc1cc[n+](C)c(-c2c(C)ccc3c2C(C)(C)c2ccccc2-3)c1.Cc1cc(C)c(-c2cccc[n+]2C)c2c1-c1ccccc1C2(C)C.Cc1cc2c(c(-c3cccc[n+]3C)c1C)C(C)(C)c1ccccc1-2.Cc1cc2c(c(-c3cccc[n+]3C)c1C)C(C)(C)c1ccccc1-2.[2H]c1cc(C)c(-c2cccc[n+]2C)c2c1-c1ccccc1C2(C)C. The molecule has 5 aromatic heterocycles.